The summed E-state index contributed by atoms with van der Waals surface area (Å²) in [4.78, 5) is 23.6. The molecule has 0 atom stereocenters. The summed E-state index contributed by atoms with van der Waals surface area (Å²) in [6, 6.07) is 16.0. The van der Waals surface area contributed by atoms with Crippen molar-refractivity contribution in [2.24, 2.45) is 0 Å². The molecule has 0 aliphatic carbocycles. The molecule has 0 radical (unpaired) electrons. The number of hydrogen-bond donors (Lipinski definition) is 1. The Morgan fingerprint density at radius 1 is 0.950 bits per heavy atom. The molecular weight excluding hydrogens is 274 g/mol. The Balaban J connectivity index is 1.87. The number of Topliss-reactive ketones (excluding diaryl/α,β-unsaturated/α-hetero) is 1. The molecular formula is C16H14ClNO2. The van der Waals surface area contributed by atoms with E-state index in [1.165, 1.54) is 0 Å². The molecule has 0 fully saturated rings. The zero-order chi connectivity index (χ0) is 14.4. The van der Waals surface area contributed by atoms with Gasteiger partial charge >= 0.3 is 0 Å². The molecule has 0 saturated carbocycles. The van der Waals surface area contributed by atoms with Crippen LogP contribution in [0.1, 0.15) is 15.9 Å². The molecule has 20 heavy (non-hydrogen) atoms. The fourth-order valence-electron chi connectivity index (χ4n) is 1.78. The Bertz CT molecular complexity index is 611. The van der Waals surface area contributed by atoms with Crippen molar-refractivity contribution >= 4 is 23.3 Å². The summed E-state index contributed by atoms with van der Waals surface area (Å²) < 4.78 is 0. The zero-order valence-corrected chi connectivity index (χ0v) is 11.6. The quantitative estimate of drug-likeness (QED) is 0.860. The van der Waals surface area contributed by atoms with Gasteiger partial charge in [-0.2, -0.15) is 0 Å². The van der Waals surface area contributed by atoms with Crippen LogP contribution in [-0.2, 0) is 11.2 Å². The first kappa shape index (κ1) is 14.3. The van der Waals surface area contributed by atoms with Crippen molar-refractivity contribution in [3.05, 3.63) is 70.7 Å². The predicted molar refractivity (Wildman–Crippen MR) is 78.9 cm³/mol. The van der Waals surface area contributed by atoms with Crippen molar-refractivity contribution in [1.29, 1.82) is 0 Å². The smallest absolute Gasteiger partial charge is 0.224 e. The Hall–Kier alpha value is -2.13. The molecule has 1 amide bonds. The van der Waals surface area contributed by atoms with E-state index >= 15 is 0 Å². The minimum atomic E-state index is -0.220. The molecule has 0 bridgehead atoms. The third-order valence-corrected chi connectivity index (χ3v) is 3.22. The third-order valence-electron chi connectivity index (χ3n) is 2.85. The van der Waals surface area contributed by atoms with Crippen LogP contribution in [0.2, 0.25) is 5.02 Å². The molecule has 0 aromatic heterocycles. The Morgan fingerprint density at radius 2 is 1.60 bits per heavy atom. The van der Waals surface area contributed by atoms with Gasteiger partial charge in [-0.05, 0) is 11.6 Å². The van der Waals surface area contributed by atoms with Gasteiger partial charge < -0.3 is 5.32 Å². The summed E-state index contributed by atoms with van der Waals surface area (Å²) in [5.74, 6) is -0.333. The number of rotatable bonds is 5. The van der Waals surface area contributed by atoms with Crippen LogP contribution >= 0.6 is 11.6 Å². The lowest BCUT2D eigenvalue weighted by molar-refractivity contribution is -0.120. The van der Waals surface area contributed by atoms with E-state index in [4.69, 9.17) is 11.6 Å². The number of ketones is 1. The highest BCUT2D eigenvalue weighted by Gasteiger charge is 2.09. The van der Waals surface area contributed by atoms with E-state index in [1.54, 1.807) is 36.4 Å². The van der Waals surface area contributed by atoms with Crippen LogP contribution in [-0.4, -0.2) is 18.2 Å². The molecule has 2 aromatic carbocycles. The summed E-state index contributed by atoms with van der Waals surface area (Å²) in [5.41, 5.74) is 1.34. The molecule has 102 valence electrons. The van der Waals surface area contributed by atoms with Gasteiger partial charge in [0.05, 0.1) is 13.0 Å². The zero-order valence-electron chi connectivity index (χ0n) is 10.8. The first-order valence-electron chi connectivity index (χ1n) is 6.25. The highest BCUT2D eigenvalue weighted by molar-refractivity contribution is 6.31. The number of halogens is 1. The number of nitrogens with one attached hydrogen (secondary N) is 1. The van der Waals surface area contributed by atoms with Crippen LogP contribution in [0.25, 0.3) is 0 Å². The monoisotopic (exact) mass is 287 g/mol. The van der Waals surface area contributed by atoms with Crippen molar-refractivity contribution in [3.63, 3.8) is 0 Å². The summed E-state index contributed by atoms with van der Waals surface area (Å²) >= 11 is 5.98. The van der Waals surface area contributed by atoms with Crippen molar-refractivity contribution in [2.75, 3.05) is 6.54 Å². The maximum absolute atomic E-state index is 11.8. The molecule has 0 aliphatic rings. The van der Waals surface area contributed by atoms with E-state index in [2.05, 4.69) is 5.32 Å². The van der Waals surface area contributed by atoms with Gasteiger partial charge in [-0.25, -0.2) is 0 Å². The molecule has 0 aliphatic heterocycles. The van der Waals surface area contributed by atoms with Crippen LogP contribution in [0, 0.1) is 0 Å². The van der Waals surface area contributed by atoms with E-state index in [-0.39, 0.29) is 24.7 Å². The summed E-state index contributed by atoms with van der Waals surface area (Å²) in [7, 11) is 0. The fraction of sp³-hybridized carbons (Fsp3) is 0.125. The summed E-state index contributed by atoms with van der Waals surface area (Å²) in [6.45, 7) is -0.00665. The largest absolute Gasteiger partial charge is 0.348 e. The van der Waals surface area contributed by atoms with Crippen LogP contribution < -0.4 is 5.32 Å². The predicted octanol–water partition coefficient (Wildman–Crippen LogP) is 2.88. The van der Waals surface area contributed by atoms with Gasteiger partial charge in [-0.15, -0.1) is 0 Å². The van der Waals surface area contributed by atoms with E-state index in [1.807, 2.05) is 18.2 Å². The minimum absolute atomic E-state index is 0.00665. The molecule has 3 nitrogen and oxygen atoms in total. The lowest BCUT2D eigenvalue weighted by Gasteiger charge is -2.06. The maximum Gasteiger partial charge on any atom is 0.224 e. The van der Waals surface area contributed by atoms with Gasteiger partial charge in [0.25, 0.3) is 0 Å². The standard InChI is InChI=1S/C16H14ClNO2/c17-14-9-5-4-8-13(14)10-16(20)18-11-15(19)12-6-2-1-3-7-12/h1-9H,10-11H2,(H,18,20). The number of carbonyl (C=O) groups is 2. The minimum Gasteiger partial charge on any atom is -0.348 e. The molecule has 0 saturated heterocycles. The fourth-order valence-corrected chi connectivity index (χ4v) is 1.98. The third kappa shape index (κ3) is 3.93. The Kier molecular flexibility index (Phi) is 4.91. The molecule has 2 aromatic rings. The molecule has 0 unspecified atom stereocenters. The number of amides is 1. The average molecular weight is 288 g/mol. The molecule has 0 spiro atoms. The average Bonchev–Trinajstić information content (AvgIpc) is 2.48. The summed E-state index contributed by atoms with van der Waals surface area (Å²) in [5, 5.41) is 3.16. The van der Waals surface area contributed by atoms with E-state index in [0.717, 1.165) is 5.56 Å². The SMILES string of the molecule is O=C(Cc1ccccc1Cl)NCC(=O)c1ccccc1. The van der Waals surface area contributed by atoms with Crippen molar-refractivity contribution < 1.29 is 9.59 Å². The second-order valence-electron chi connectivity index (χ2n) is 4.33. The van der Waals surface area contributed by atoms with Gasteiger partial charge in [-0.1, -0.05) is 60.1 Å². The van der Waals surface area contributed by atoms with Crippen LogP contribution in [0.15, 0.2) is 54.6 Å². The molecule has 4 heteroatoms. The van der Waals surface area contributed by atoms with Crippen LogP contribution in [0.4, 0.5) is 0 Å². The van der Waals surface area contributed by atoms with Crippen molar-refractivity contribution in [2.45, 2.75) is 6.42 Å². The first-order valence-corrected chi connectivity index (χ1v) is 6.63. The molecule has 0 heterocycles. The van der Waals surface area contributed by atoms with E-state index in [9.17, 15) is 9.59 Å². The number of benzene rings is 2. The normalized spacial score (nSPS) is 10.1. The highest BCUT2D eigenvalue weighted by Crippen LogP contribution is 2.15. The summed E-state index contributed by atoms with van der Waals surface area (Å²) in [6.07, 6.45) is 0.168. The topological polar surface area (TPSA) is 46.2 Å². The van der Waals surface area contributed by atoms with E-state index < -0.39 is 0 Å². The van der Waals surface area contributed by atoms with Crippen molar-refractivity contribution in [1.82, 2.24) is 5.32 Å². The van der Waals surface area contributed by atoms with Gasteiger partial charge in [0.15, 0.2) is 5.78 Å². The second kappa shape index (κ2) is 6.87. The van der Waals surface area contributed by atoms with Gasteiger partial charge in [0, 0.05) is 10.6 Å². The van der Waals surface area contributed by atoms with Crippen molar-refractivity contribution in [3.8, 4) is 0 Å². The molecule has 2 rings (SSSR count). The highest BCUT2D eigenvalue weighted by atomic mass is 35.5. The lowest BCUT2D eigenvalue weighted by Crippen LogP contribution is -2.30. The van der Waals surface area contributed by atoms with Gasteiger partial charge in [0.1, 0.15) is 0 Å². The second-order valence-corrected chi connectivity index (χ2v) is 4.74. The van der Waals surface area contributed by atoms with Crippen LogP contribution in [0.3, 0.4) is 0 Å². The Labute approximate surface area is 122 Å². The van der Waals surface area contributed by atoms with Crippen LogP contribution in [0.5, 0.6) is 0 Å². The first-order chi connectivity index (χ1) is 9.66. The van der Waals surface area contributed by atoms with Gasteiger partial charge in [-0.3, -0.25) is 9.59 Å². The molecule has 1 N–H and O–H groups in total. The van der Waals surface area contributed by atoms with E-state index in [0.29, 0.717) is 10.6 Å². The number of carbonyl (C=O) groups excluding carboxylic acids is 2. The number of hydrogen-bond acceptors (Lipinski definition) is 2. The lowest BCUT2D eigenvalue weighted by atomic mass is 10.1. The maximum atomic E-state index is 11.8. The Morgan fingerprint density at radius 3 is 2.30 bits per heavy atom. The van der Waals surface area contributed by atoms with Gasteiger partial charge in [0.2, 0.25) is 5.91 Å².